The van der Waals surface area contributed by atoms with Crippen LogP contribution in [0, 0.1) is 0 Å². The lowest BCUT2D eigenvalue weighted by molar-refractivity contribution is -0.140. The van der Waals surface area contributed by atoms with Crippen molar-refractivity contribution in [3.63, 3.8) is 0 Å². The van der Waals surface area contributed by atoms with E-state index in [-0.39, 0.29) is 23.1 Å². The molecule has 1 aromatic carbocycles. The van der Waals surface area contributed by atoms with Gasteiger partial charge in [-0.3, -0.25) is 4.79 Å². The van der Waals surface area contributed by atoms with Gasteiger partial charge in [0.2, 0.25) is 5.91 Å². The summed E-state index contributed by atoms with van der Waals surface area (Å²) in [5.74, 6) is -0.902. The fourth-order valence-electron chi connectivity index (χ4n) is 3.91. The first-order valence-corrected chi connectivity index (χ1v) is 8.60. The van der Waals surface area contributed by atoms with E-state index in [9.17, 15) is 9.59 Å². The molecule has 2 aromatic rings. The zero-order valence-corrected chi connectivity index (χ0v) is 13.8. The van der Waals surface area contributed by atoms with E-state index in [1.165, 1.54) is 6.20 Å². The van der Waals surface area contributed by atoms with Gasteiger partial charge in [0.05, 0.1) is 17.7 Å². The highest BCUT2D eigenvalue weighted by Crippen LogP contribution is 2.46. The molecule has 2 heterocycles. The van der Waals surface area contributed by atoms with Crippen molar-refractivity contribution in [2.24, 2.45) is 0 Å². The minimum atomic E-state index is -1.09. The highest BCUT2D eigenvalue weighted by Gasteiger charge is 2.48. The molecule has 1 N–H and O–H groups in total. The molecule has 0 bridgehead atoms. The smallest absolute Gasteiger partial charge is 0.358 e. The van der Waals surface area contributed by atoms with E-state index < -0.39 is 5.97 Å². The minimum Gasteiger partial charge on any atom is -0.476 e. The number of rotatable bonds is 4. The number of likely N-dealkylation sites (tertiary alicyclic amines) is 1. The Morgan fingerprint density at radius 3 is 2.56 bits per heavy atom. The maximum atomic E-state index is 13.2. The summed E-state index contributed by atoms with van der Waals surface area (Å²) in [7, 11) is 0. The quantitative estimate of drug-likeness (QED) is 0.918. The topological polar surface area (TPSA) is 88.3 Å². The molecular weight excluding hydrogens is 320 g/mol. The molecular formula is C18H20N4O3. The van der Waals surface area contributed by atoms with Crippen molar-refractivity contribution in [3.8, 4) is 0 Å². The van der Waals surface area contributed by atoms with E-state index in [2.05, 4.69) is 10.3 Å². The Hall–Kier alpha value is -2.70. The molecule has 1 saturated carbocycles. The van der Waals surface area contributed by atoms with Crippen LogP contribution in [0.5, 0.6) is 0 Å². The third kappa shape index (κ3) is 2.59. The molecule has 1 unspecified atom stereocenters. The van der Waals surface area contributed by atoms with Gasteiger partial charge in [0.1, 0.15) is 0 Å². The van der Waals surface area contributed by atoms with Gasteiger partial charge in [-0.15, -0.1) is 5.10 Å². The highest BCUT2D eigenvalue weighted by atomic mass is 16.4. The first-order valence-electron chi connectivity index (χ1n) is 8.60. The SMILES string of the molecule is O=C(O)c1cn(C2CCN(C(=O)C3(c4ccccc4)CCC3)C2)nn1. The van der Waals surface area contributed by atoms with Gasteiger partial charge >= 0.3 is 5.97 Å². The van der Waals surface area contributed by atoms with Crippen molar-refractivity contribution in [2.45, 2.75) is 37.1 Å². The number of amides is 1. The number of carbonyl (C=O) groups excluding carboxylic acids is 1. The van der Waals surface area contributed by atoms with Crippen LogP contribution in [-0.4, -0.2) is 50.0 Å². The van der Waals surface area contributed by atoms with Crippen LogP contribution in [-0.2, 0) is 10.2 Å². The number of carbonyl (C=O) groups is 2. The maximum Gasteiger partial charge on any atom is 0.358 e. The molecule has 2 fully saturated rings. The fourth-order valence-corrected chi connectivity index (χ4v) is 3.91. The van der Waals surface area contributed by atoms with Gasteiger partial charge in [0.15, 0.2) is 5.69 Å². The predicted molar refractivity (Wildman–Crippen MR) is 89.2 cm³/mol. The Balaban J connectivity index is 1.51. The molecule has 1 saturated heterocycles. The van der Waals surface area contributed by atoms with Crippen LogP contribution >= 0.6 is 0 Å². The summed E-state index contributed by atoms with van der Waals surface area (Å²) in [5.41, 5.74) is 0.651. The van der Waals surface area contributed by atoms with Gasteiger partial charge in [-0.2, -0.15) is 0 Å². The standard InChI is InChI=1S/C18H20N4O3/c23-16(24)15-12-22(20-19-15)14-7-10-21(11-14)17(25)18(8-4-9-18)13-5-2-1-3-6-13/h1-3,5-6,12,14H,4,7-11H2,(H,23,24). The van der Waals surface area contributed by atoms with Gasteiger partial charge in [-0.05, 0) is 24.8 Å². The van der Waals surface area contributed by atoms with Crippen LogP contribution in [0.3, 0.4) is 0 Å². The summed E-state index contributed by atoms with van der Waals surface area (Å²) in [4.78, 5) is 26.1. The first kappa shape index (κ1) is 15.8. The molecule has 2 aliphatic rings. The molecule has 1 aromatic heterocycles. The molecule has 4 rings (SSSR count). The van der Waals surface area contributed by atoms with Crippen molar-refractivity contribution in [1.82, 2.24) is 19.9 Å². The Bertz CT molecular complexity index is 798. The van der Waals surface area contributed by atoms with Gasteiger partial charge < -0.3 is 10.0 Å². The zero-order chi connectivity index (χ0) is 17.4. The van der Waals surface area contributed by atoms with Crippen molar-refractivity contribution in [1.29, 1.82) is 0 Å². The van der Waals surface area contributed by atoms with Crippen molar-refractivity contribution >= 4 is 11.9 Å². The molecule has 0 radical (unpaired) electrons. The summed E-state index contributed by atoms with van der Waals surface area (Å²) < 4.78 is 1.58. The average Bonchev–Trinajstić information content (AvgIpc) is 3.24. The van der Waals surface area contributed by atoms with E-state index in [4.69, 9.17) is 5.11 Å². The summed E-state index contributed by atoms with van der Waals surface area (Å²) in [6.07, 6.45) is 5.06. The largest absolute Gasteiger partial charge is 0.476 e. The van der Waals surface area contributed by atoms with Crippen LogP contribution in [0.25, 0.3) is 0 Å². The molecule has 25 heavy (non-hydrogen) atoms. The number of carboxylic acids is 1. The third-order valence-corrected chi connectivity index (χ3v) is 5.50. The molecule has 1 atom stereocenters. The van der Waals surface area contributed by atoms with Crippen molar-refractivity contribution in [3.05, 3.63) is 47.8 Å². The Kier molecular flexibility index (Phi) is 3.78. The third-order valence-electron chi connectivity index (χ3n) is 5.50. The zero-order valence-electron chi connectivity index (χ0n) is 13.8. The van der Waals surface area contributed by atoms with E-state index in [1.807, 2.05) is 35.2 Å². The molecule has 7 heteroatoms. The Labute approximate surface area is 145 Å². The highest BCUT2D eigenvalue weighted by molar-refractivity contribution is 5.89. The van der Waals surface area contributed by atoms with Gasteiger partial charge in [-0.1, -0.05) is 42.0 Å². The summed E-state index contributed by atoms with van der Waals surface area (Å²) >= 11 is 0. The molecule has 1 aliphatic heterocycles. The number of aromatic nitrogens is 3. The number of hydrogen-bond acceptors (Lipinski definition) is 4. The lowest BCUT2D eigenvalue weighted by atomic mass is 9.63. The second kappa shape index (κ2) is 5.98. The Morgan fingerprint density at radius 2 is 1.96 bits per heavy atom. The fraction of sp³-hybridized carbons (Fsp3) is 0.444. The summed E-state index contributed by atoms with van der Waals surface area (Å²) in [6, 6.07) is 10.0. The molecule has 130 valence electrons. The lowest BCUT2D eigenvalue weighted by Crippen LogP contribution is -2.50. The van der Waals surface area contributed by atoms with Crippen LogP contribution in [0.1, 0.15) is 47.8 Å². The second-order valence-electron chi connectivity index (χ2n) is 6.88. The number of carboxylic acid groups (broad SMARTS) is 1. The van der Waals surface area contributed by atoms with Crippen LogP contribution < -0.4 is 0 Å². The molecule has 1 amide bonds. The van der Waals surface area contributed by atoms with Gasteiger partial charge in [0, 0.05) is 13.1 Å². The number of benzene rings is 1. The van der Waals surface area contributed by atoms with Gasteiger partial charge in [-0.25, -0.2) is 9.48 Å². The monoisotopic (exact) mass is 340 g/mol. The first-order chi connectivity index (χ1) is 12.1. The van der Waals surface area contributed by atoms with Crippen molar-refractivity contribution in [2.75, 3.05) is 13.1 Å². The predicted octanol–water partition coefficient (Wildman–Crippen LogP) is 1.87. The Morgan fingerprint density at radius 1 is 1.20 bits per heavy atom. The summed E-state index contributed by atoms with van der Waals surface area (Å²) in [5, 5.41) is 16.6. The normalized spacial score (nSPS) is 21.8. The van der Waals surface area contributed by atoms with Crippen molar-refractivity contribution < 1.29 is 14.7 Å². The van der Waals surface area contributed by atoms with Gasteiger partial charge in [0.25, 0.3) is 0 Å². The number of aromatic carboxylic acids is 1. The second-order valence-corrected chi connectivity index (χ2v) is 6.88. The molecule has 7 nitrogen and oxygen atoms in total. The summed E-state index contributed by atoms with van der Waals surface area (Å²) in [6.45, 7) is 1.22. The molecule has 0 spiro atoms. The number of nitrogens with zero attached hydrogens (tertiary/aromatic N) is 4. The minimum absolute atomic E-state index is 0.0163. The average molecular weight is 340 g/mol. The van der Waals surface area contributed by atoms with Crippen LogP contribution in [0.2, 0.25) is 0 Å². The maximum absolute atomic E-state index is 13.2. The van der Waals surface area contributed by atoms with E-state index in [1.54, 1.807) is 4.68 Å². The van der Waals surface area contributed by atoms with Crippen LogP contribution in [0.15, 0.2) is 36.5 Å². The molecule has 1 aliphatic carbocycles. The van der Waals surface area contributed by atoms with E-state index >= 15 is 0 Å². The number of hydrogen-bond donors (Lipinski definition) is 1. The lowest BCUT2D eigenvalue weighted by Gasteiger charge is -2.43. The van der Waals surface area contributed by atoms with Crippen LogP contribution in [0.4, 0.5) is 0 Å². The van der Waals surface area contributed by atoms with E-state index in [0.29, 0.717) is 13.1 Å². The van der Waals surface area contributed by atoms with E-state index in [0.717, 1.165) is 31.2 Å².